The van der Waals surface area contributed by atoms with Crippen molar-refractivity contribution in [1.82, 2.24) is 5.32 Å². The summed E-state index contributed by atoms with van der Waals surface area (Å²) in [4.78, 5) is 12.2. The van der Waals surface area contributed by atoms with Gasteiger partial charge in [0.25, 0.3) is 0 Å². The Hall–Kier alpha value is -0.530. The second-order valence-corrected chi connectivity index (χ2v) is 7.74. The van der Waals surface area contributed by atoms with Gasteiger partial charge in [-0.15, -0.1) is 0 Å². The quantitative estimate of drug-likeness (QED) is 0.781. The monoisotopic (exact) mass is 229 g/mol. The average Bonchev–Trinajstić information content (AvgIpc) is 3.28. The number of hydrogen-bond donors (Lipinski definition) is 1. The molecule has 17 heavy (non-hydrogen) atoms. The van der Waals surface area contributed by atoms with Gasteiger partial charge in [-0.25, -0.2) is 0 Å². The highest BCUT2D eigenvalue weighted by molar-refractivity contribution is 5.83. The highest BCUT2D eigenvalue weighted by atomic mass is 16.2. The van der Waals surface area contributed by atoms with E-state index in [1.807, 2.05) is 0 Å². The predicted molar refractivity (Wildman–Crippen MR) is 61.8 cm³/mol. The first kappa shape index (κ1) is 8.55. The van der Waals surface area contributed by atoms with Crippen LogP contribution in [0.1, 0.15) is 19.3 Å². The van der Waals surface area contributed by atoms with Gasteiger partial charge in [0.15, 0.2) is 0 Å². The first-order valence-electron chi connectivity index (χ1n) is 7.64. The Morgan fingerprint density at radius 1 is 0.941 bits per heavy atom. The summed E-state index contributed by atoms with van der Waals surface area (Å²) in [5.74, 6) is 9.86. The smallest absolute Gasteiger partial charge is 0.223 e. The van der Waals surface area contributed by atoms with Crippen molar-refractivity contribution >= 4 is 5.91 Å². The van der Waals surface area contributed by atoms with Crippen LogP contribution in [0.4, 0.5) is 0 Å². The summed E-state index contributed by atoms with van der Waals surface area (Å²) in [5.41, 5.74) is 0. The number of carbonyl (C=O) groups is 1. The van der Waals surface area contributed by atoms with Crippen molar-refractivity contribution in [2.24, 2.45) is 59.2 Å². The molecule has 0 radical (unpaired) electrons. The molecule has 1 amide bonds. The zero-order valence-electron chi connectivity index (χ0n) is 10.0. The molecule has 0 unspecified atom stereocenters. The molecule has 7 fully saturated rings. The van der Waals surface area contributed by atoms with E-state index in [4.69, 9.17) is 0 Å². The average molecular weight is 229 g/mol. The molecule has 2 nitrogen and oxygen atoms in total. The summed E-state index contributed by atoms with van der Waals surface area (Å²) in [6.07, 6.45) is 4.24. The highest BCUT2D eigenvalue weighted by Crippen LogP contribution is 2.89. The number of rotatable bonds is 3. The fourth-order valence-electron chi connectivity index (χ4n) is 6.75. The van der Waals surface area contributed by atoms with Gasteiger partial charge in [-0.1, -0.05) is 0 Å². The number of fused-ring (bicyclic) bond motifs is 1. The van der Waals surface area contributed by atoms with Gasteiger partial charge in [0, 0.05) is 12.5 Å². The van der Waals surface area contributed by atoms with Crippen molar-refractivity contribution in [2.45, 2.75) is 19.3 Å². The first-order chi connectivity index (χ1) is 8.36. The predicted octanol–water partition coefficient (Wildman–Crippen LogP) is 1.52. The third-order valence-corrected chi connectivity index (χ3v) is 7.30. The van der Waals surface area contributed by atoms with Gasteiger partial charge in [0.1, 0.15) is 0 Å². The number of nitrogens with one attached hydrogen (secondary N) is 1. The van der Waals surface area contributed by atoms with Crippen LogP contribution >= 0.6 is 0 Å². The summed E-state index contributed by atoms with van der Waals surface area (Å²) < 4.78 is 0. The van der Waals surface area contributed by atoms with Crippen LogP contribution in [0.2, 0.25) is 0 Å². The van der Waals surface area contributed by atoms with E-state index >= 15 is 0 Å². The minimum atomic E-state index is 0.431. The summed E-state index contributed by atoms with van der Waals surface area (Å²) in [6, 6.07) is 0. The van der Waals surface area contributed by atoms with Gasteiger partial charge in [-0.2, -0.15) is 0 Å². The highest BCUT2D eigenvalue weighted by Gasteiger charge is 2.87. The maximum atomic E-state index is 12.2. The molecule has 0 aromatic rings. The van der Waals surface area contributed by atoms with Crippen LogP contribution < -0.4 is 5.32 Å². The van der Waals surface area contributed by atoms with Crippen LogP contribution in [-0.2, 0) is 4.79 Å². The SMILES string of the molecule is O=C(NCC1CC1)C1[C@H]2[C@@H]3C4CC5[C@H]3[C@H]5[C@@H]4[C@H]12. The molecule has 6 bridgehead atoms. The van der Waals surface area contributed by atoms with Crippen molar-refractivity contribution in [3.63, 3.8) is 0 Å². The van der Waals surface area contributed by atoms with Gasteiger partial charge in [-0.05, 0) is 72.5 Å². The molecule has 0 aromatic carbocycles. The summed E-state index contributed by atoms with van der Waals surface area (Å²) in [5, 5.41) is 3.22. The molecule has 0 aliphatic heterocycles. The molecule has 7 saturated carbocycles. The van der Waals surface area contributed by atoms with E-state index in [0.717, 1.165) is 59.8 Å². The van der Waals surface area contributed by atoms with E-state index in [0.29, 0.717) is 11.8 Å². The Bertz CT molecular complexity index is 418. The molecule has 6 atom stereocenters. The fourth-order valence-corrected chi connectivity index (χ4v) is 6.75. The minimum absolute atomic E-state index is 0.431. The van der Waals surface area contributed by atoms with Gasteiger partial charge in [0.2, 0.25) is 5.91 Å². The Morgan fingerprint density at radius 3 is 2.06 bits per heavy atom. The molecule has 7 rings (SSSR count). The van der Waals surface area contributed by atoms with Gasteiger partial charge < -0.3 is 5.32 Å². The third-order valence-electron chi connectivity index (χ3n) is 7.30. The topological polar surface area (TPSA) is 29.1 Å². The number of hydrogen-bond acceptors (Lipinski definition) is 1. The van der Waals surface area contributed by atoms with Crippen molar-refractivity contribution < 1.29 is 4.79 Å². The van der Waals surface area contributed by atoms with Gasteiger partial charge >= 0.3 is 0 Å². The zero-order chi connectivity index (χ0) is 10.9. The van der Waals surface area contributed by atoms with E-state index in [9.17, 15) is 4.79 Å². The third kappa shape index (κ3) is 0.794. The van der Waals surface area contributed by atoms with Gasteiger partial charge in [0.05, 0.1) is 0 Å². The largest absolute Gasteiger partial charge is 0.356 e. The van der Waals surface area contributed by atoms with E-state index in [2.05, 4.69) is 5.32 Å². The zero-order valence-corrected chi connectivity index (χ0v) is 10.0. The Morgan fingerprint density at radius 2 is 1.53 bits per heavy atom. The molecule has 90 valence electrons. The molecule has 0 heterocycles. The normalized spacial score (nSPS) is 66.9. The van der Waals surface area contributed by atoms with Crippen molar-refractivity contribution in [1.29, 1.82) is 0 Å². The van der Waals surface area contributed by atoms with E-state index in [1.165, 1.54) is 12.8 Å². The minimum Gasteiger partial charge on any atom is -0.356 e. The van der Waals surface area contributed by atoms with E-state index in [-0.39, 0.29) is 0 Å². The lowest BCUT2D eigenvalue weighted by molar-refractivity contribution is -0.123. The summed E-state index contributed by atoms with van der Waals surface area (Å²) in [6.45, 7) is 0.975. The van der Waals surface area contributed by atoms with Crippen LogP contribution in [0.5, 0.6) is 0 Å². The van der Waals surface area contributed by atoms with Gasteiger partial charge in [-0.3, -0.25) is 4.79 Å². The Kier molecular flexibility index (Phi) is 1.16. The van der Waals surface area contributed by atoms with E-state index < -0.39 is 0 Å². The van der Waals surface area contributed by atoms with Crippen LogP contribution in [0.25, 0.3) is 0 Å². The first-order valence-corrected chi connectivity index (χ1v) is 7.64. The second-order valence-electron chi connectivity index (χ2n) is 7.74. The lowest BCUT2D eigenvalue weighted by Crippen LogP contribution is -2.30. The molecule has 0 aromatic heterocycles. The van der Waals surface area contributed by atoms with Crippen molar-refractivity contribution in [2.75, 3.05) is 6.54 Å². The summed E-state index contributed by atoms with van der Waals surface area (Å²) >= 11 is 0. The molecular formula is C15H19NO. The van der Waals surface area contributed by atoms with Crippen molar-refractivity contribution in [3.8, 4) is 0 Å². The van der Waals surface area contributed by atoms with E-state index in [1.54, 1.807) is 6.42 Å². The lowest BCUT2D eigenvalue weighted by atomic mass is 9.91. The van der Waals surface area contributed by atoms with Crippen molar-refractivity contribution in [3.05, 3.63) is 0 Å². The maximum Gasteiger partial charge on any atom is 0.223 e. The molecule has 1 N–H and O–H groups in total. The van der Waals surface area contributed by atoms with Crippen LogP contribution in [0, 0.1) is 59.2 Å². The molecular weight excluding hydrogens is 210 g/mol. The number of carbonyl (C=O) groups excluding carboxylic acids is 1. The fraction of sp³-hybridized carbons (Fsp3) is 0.933. The number of amides is 1. The molecule has 0 spiro atoms. The molecule has 0 saturated heterocycles. The van der Waals surface area contributed by atoms with Crippen LogP contribution in [0.15, 0.2) is 0 Å². The summed E-state index contributed by atoms with van der Waals surface area (Å²) in [7, 11) is 0. The molecule has 2 heteroatoms. The van der Waals surface area contributed by atoms with Crippen LogP contribution in [0.3, 0.4) is 0 Å². The molecule has 7 aliphatic carbocycles. The Balaban J connectivity index is 1.22. The Labute approximate surface area is 102 Å². The lowest BCUT2D eigenvalue weighted by Gasteiger charge is -2.16. The standard InChI is InChI=1S/C15H19NO/c17-15(16-4-5-1-2-5)14-12-10-7-3-6-8(10)9(6)11(7)13(12)14/h5-14H,1-4H2,(H,16,17)/t6?,7?,8-,9-,10+,11+,12-,13-,14?/m0/s1. The van der Waals surface area contributed by atoms with Crippen LogP contribution in [-0.4, -0.2) is 12.5 Å². The maximum absolute atomic E-state index is 12.2. The molecule has 7 aliphatic rings. The second kappa shape index (κ2) is 2.31.